The van der Waals surface area contributed by atoms with Crippen molar-refractivity contribution in [1.29, 1.82) is 0 Å². The van der Waals surface area contributed by atoms with Crippen molar-refractivity contribution in [2.75, 3.05) is 5.33 Å². The van der Waals surface area contributed by atoms with Crippen LogP contribution in [0.2, 0.25) is 0 Å². The monoisotopic (exact) mass is 274 g/mol. The van der Waals surface area contributed by atoms with E-state index in [9.17, 15) is 9.59 Å². The first-order valence-corrected chi connectivity index (χ1v) is 6.06. The van der Waals surface area contributed by atoms with Crippen molar-refractivity contribution in [3.05, 3.63) is 31.8 Å². The Labute approximate surface area is 96.4 Å². The number of nitrogens with one attached hydrogen (secondary N) is 1. The van der Waals surface area contributed by atoms with Crippen molar-refractivity contribution >= 4 is 15.9 Å². The molecule has 0 radical (unpaired) electrons. The topological polar surface area (TPSA) is 54.9 Å². The molecule has 0 bridgehead atoms. The van der Waals surface area contributed by atoms with Crippen molar-refractivity contribution in [1.82, 2.24) is 9.78 Å². The highest BCUT2D eigenvalue weighted by molar-refractivity contribution is 9.09. The summed E-state index contributed by atoms with van der Waals surface area (Å²) in [6, 6.07) is 0. The number of hydrogen-bond acceptors (Lipinski definition) is 2. The summed E-state index contributed by atoms with van der Waals surface area (Å²) in [5.74, 6) is 0. The summed E-state index contributed by atoms with van der Waals surface area (Å²) in [6.07, 6.45) is 1.87. The number of alkyl halides is 1. The Morgan fingerprint density at radius 1 is 1.20 bits per heavy atom. The fourth-order valence-electron chi connectivity index (χ4n) is 1.31. The number of H-pyrrole nitrogens is 1. The lowest BCUT2D eigenvalue weighted by molar-refractivity contribution is 0.533. The van der Waals surface area contributed by atoms with Gasteiger partial charge in [-0.25, -0.2) is 0 Å². The van der Waals surface area contributed by atoms with E-state index in [1.807, 2.05) is 0 Å². The second-order valence-corrected chi connectivity index (χ2v) is 4.34. The first kappa shape index (κ1) is 12.2. The van der Waals surface area contributed by atoms with E-state index in [0.717, 1.165) is 18.2 Å². The van der Waals surface area contributed by atoms with Crippen LogP contribution in [0.3, 0.4) is 0 Å². The average Bonchev–Trinajstić information content (AvgIpc) is 2.23. The largest absolute Gasteiger partial charge is 0.268 e. The normalized spacial score (nSPS) is 10.6. The van der Waals surface area contributed by atoms with Crippen LogP contribution in [0.15, 0.2) is 9.59 Å². The fraction of sp³-hybridized carbons (Fsp3) is 0.600. The van der Waals surface area contributed by atoms with Crippen LogP contribution in [0.1, 0.15) is 24.0 Å². The van der Waals surface area contributed by atoms with Gasteiger partial charge < -0.3 is 0 Å². The minimum absolute atomic E-state index is 0.0957. The molecule has 1 heterocycles. The summed E-state index contributed by atoms with van der Waals surface area (Å²) in [7, 11) is 0. The third-order valence-corrected chi connectivity index (χ3v) is 3.03. The Bertz CT molecular complexity index is 448. The van der Waals surface area contributed by atoms with Crippen LogP contribution in [0.5, 0.6) is 0 Å². The number of halogens is 1. The molecular weight excluding hydrogens is 260 g/mol. The molecule has 0 spiro atoms. The number of nitrogens with zero attached hydrogens (tertiary/aromatic N) is 1. The van der Waals surface area contributed by atoms with Gasteiger partial charge in [-0.3, -0.25) is 19.4 Å². The maximum atomic E-state index is 11.7. The van der Waals surface area contributed by atoms with E-state index in [-0.39, 0.29) is 11.1 Å². The van der Waals surface area contributed by atoms with Gasteiger partial charge in [-0.2, -0.15) is 0 Å². The quantitative estimate of drug-likeness (QED) is 0.665. The van der Waals surface area contributed by atoms with E-state index in [0.29, 0.717) is 17.7 Å². The van der Waals surface area contributed by atoms with Crippen LogP contribution in [0.4, 0.5) is 0 Å². The van der Waals surface area contributed by atoms with E-state index in [4.69, 9.17) is 0 Å². The lowest BCUT2D eigenvalue weighted by atomic mass is 10.2. The number of rotatable bonds is 4. The van der Waals surface area contributed by atoms with E-state index < -0.39 is 0 Å². The van der Waals surface area contributed by atoms with E-state index in [1.165, 1.54) is 4.68 Å². The molecule has 0 unspecified atom stereocenters. The van der Waals surface area contributed by atoms with E-state index in [2.05, 4.69) is 21.0 Å². The van der Waals surface area contributed by atoms with Crippen LogP contribution in [-0.2, 0) is 6.54 Å². The van der Waals surface area contributed by atoms with Crippen LogP contribution < -0.4 is 11.1 Å². The molecule has 0 aliphatic heterocycles. The third kappa shape index (κ3) is 2.81. The predicted octanol–water partition coefficient (Wildman–Crippen LogP) is 1.33. The zero-order valence-electron chi connectivity index (χ0n) is 8.97. The first-order chi connectivity index (χ1) is 7.07. The van der Waals surface area contributed by atoms with Gasteiger partial charge in [0.15, 0.2) is 0 Å². The van der Waals surface area contributed by atoms with Gasteiger partial charge >= 0.3 is 0 Å². The molecule has 0 saturated carbocycles. The standard InChI is InChI=1S/C10H15BrN2O2/c1-7-8(2)10(15)13(12-9(7)14)6-4-3-5-11/h3-6H2,1-2H3,(H,12,14). The van der Waals surface area contributed by atoms with Crippen LogP contribution >= 0.6 is 15.9 Å². The van der Waals surface area contributed by atoms with Gasteiger partial charge in [0.05, 0.1) is 0 Å². The molecule has 5 heteroatoms. The molecule has 0 aliphatic carbocycles. The van der Waals surface area contributed by atoms with Crippen LogP contribution in [-0.4, -0.2) is 15.1 Å². The number of aromatic amines is 1. The number of hydrogen-bond donors (Lipinski definition) is 1. The van der Waals surface area contributed by atoms with Crippen LogP contribution in [0, 0.1) is 13.8 Å². The van der Waals surface area contributed by atoms with Gasteiger partial charge in [-0.1, -0.05) is 15.9 Å². The summed E-state index contributed by atoms with van der Waals surface area (Å²) in [6.45, 7) is 3.92. The second-order valence-electron chi connectivity index (χ2n) is 3.54. The highest BCUT2D eigenvalue weighted by atomic mass is 79.9. The molecule has 1 rings (SSSR count). The Balaban J connectivity index is 3.00. The zero-order valence-corrected chi connectivity index (χ0v) is 10.6. The Hall–Kier alpha value is -0.840. The molecule has 0 fully saturated rings. The first-order valence-electron chi connectivity index (χ1n) is 4.94. The van der Waals surface area contributed by atoms with Crippen LogP contribution in [0.25, 0.3) is 0 Å². The third-order valence-electron chi connectivity index (χ3n) is 2.47. The average molecular weight is 275 g/mol. The molecule has 1 N–H and O–H groups in total. The van der Waals surface area contributed by atoms with E-state index >= 15 is 0 Å². The zero-order chi connectivity index (χ0) is 11.4. The van der Waals surface area contributed by atoms with Crippen molar-refractivity contribution < 1.29 is 0 Å². The van der Waals surface area contributed by atoms with E-state index in [1.54, 1.807) is 13.8 Å². The molecule has 15 heavy (non-hydrogen) atoms. The van der Waals surface area contributed by atoms with Crippen molar-refractivity contribution in [3.63, 3.8) is 0 Å². The molecular formula is C10H15BrN2O2. The molecule has 4 nitrogen and oxygen atoms in total. The second kappa shape index (κ2) is 5.30. The Morgan fingerprint density at radius 2 is 1.87 bits per heavy atom. The van der Waals surface area contributed by atoms with Crippen molar-refractivity contribution in [2.45, 2.75) is 33.2 Å². The molecule has 84 valence electrons. The molecule has 0 aliphatic rings. The Morgan fingerprint density at radius 3 is 2.47 bits per heavy atom. The maximum Gasteiger partial charge on any atom is 0.268 e. The van der Waals surface area contributed by atoms with Gasteiger partial charge in [0.1, 0.15) is 0 Å². The number of aromatic nitrogens is 2. The highest BCUT2D eigenvalue weighted by Gasteiger charge is 2.06. The van der Waals surface area contributed by atoms with Crippen molar-refractivity contribution in [3.8, 4) is 0 Å². The predicted molar refractivity (Wildman–Crippen MR) is 63.8 cm³/mol. The van der Waals surface area contributed by atoms with Gasteiger partial charge in [0.25, 0.3) is 11.1 Å². The Kier molecular flexibility index (Phi) is 4.32. The van der Waals surface area contributed by atoms with Gasteiger partial charge in [-0.15, -0.1) is 0 Å². The molecule has 0 aromatic carbocycles. The summed E-state index contributed by atoms with van der Waals surface area (Å²) >= 11 is 3.32. The molecule has 0 atom stereocenters. The maximum absolute atomic E-state index is 11.7. The van der Waals surface area contributed by atoms with Gasteiger partial charge in [-0.05, 0) is 26.7 Å². The molecule has 0 saturated heterocycles. The lowest BCUT2D eigenvalue weighted by Gasteiger charge is -2.07. The van der Waals surface area contributed by atoms with Gasteiger partial charge in [0.2, 0.25) is 0 Å². The minimum Gasteiger partial charge on any atom is -0.268 e. The summed E-state index contributed by atoms with van der Waals surface area (Å²) in [5.41, 5.74) is 0.780. The smallest absolute Gasteiger partial charge is 0.268 e. The molecule has 1 aromatic heterocycles. The summed E-state index contributed by atoms with van der Waals surface area (Å²) in [5, 5.41) is 3.49. The fourth-order valence-corrected chi connectivity index (χ4v) is 1.71. The number of aryl methyl sites for hydroxylation is 1. The lowest BCUT2D eigenvalue weighted by Crippen LogP contribution is -2.33. The SMILES string of the molecule is Cc1c(C)c(=O)n(CCCCBr)[nH]c1=O. The molecule has 1 aromatic rings. The van der Waals surface area contributed by atoms with Gasteiger partial charge in [0, 0.05) is 23.0 Å². The number of unbranched alkanes of at least 4 members (excludes halogenated alkanes) is 1. The summed E-state index contributed by atoms with van der Waals surface area (Å²) in [4.78, 5) is 23.1. The summed E-state index contributed by atoms with van der Waals surface area (Å²) < 4.78 is 1.40. The molecule has 0 amide bonds. The highest BCUT2D eigenvalue weighted by Crippen LogP contribution is 1.96. The van der Waals surface area contributed by atoms with Crippen molar-refractivity contribution in [2.24, 2.45) is 0 Å². The minimum atomic E-state index is -0.175.